The van der Waals surface area contributed by atoms with Crippen molar-refractivity contribution in [2.24, 2.45) is 0 Å². The van der Waals surface area contributed by atoms with Gasteiger partial charge in [0.2, 0.25) is 5.78 Å². The van der Waals surface area contributed by atoms with Crippen LogP contribution in [0.1, 0.15) is 20.8 Å². The highest BCUT2D eigenvalue weighted by atomic mass is 32.2. The van der Waals surface area contributed by atoms with Gasteiger partial charge in [-0.05, 0) is 42.5 Å². The fraction of sp³-hybridized carbons (Fsp3) is 0.0526. The van der Waals surface area contributed by atoms with E-state index in [2.05, 4.69) is 9.71 Å². The molecule has 0 spiro atoms. The number of aromatic amines is 1. The molecule has 1 heterocycles. The van der Waals surface area contributed by atoms with Gasteiger partial charge in [-0.2, -0.15) is 0 Å². The van der Waals surface area contributed by atoms with E-state index in [1.807, 2.05) is 0 Å². The van der Waals surface area contributed by atoms with Crippen LogP contribution in [0, 0.1) is 0 Å². The molecule has 3 rings (SSSR count). The average Bonchev–Trinajstić information content (AvgIpc) is 3.21. The summed E-state index contributed by atoms with van der Waals surface area (Å²) in [5.74, 6) is -1.09. The first-order valence-corrected chi connectivity index (χ1v) is 9.46. The minimum absolute atomic E-state index is 0.106. The molecule has 2 N–H and O–H groups in total. The van der Waals surface area contributed by atoms with E-state index in [1.165, 1.54) is 36.4 Å². The number of H-pyrrole nitrogens is 1. The van der Waals surface area contributed by atoms with Crippen LogP contribution in [-0.4, -0.2) is 31.8 Å². The van der Waals surface area contributed by atoms with Crippen LogP contribution in [-0.2, 0) is 14.8 Å². The first-order valence-electron chi connectivity index (χ1n) is 7.97. The van der Waals surface area contributed by atoms with E-state index in [1.54, 1.807) is 36.5 Å². The lowest BCUT2D eigenvalue weighted by atomic mass is 10.2. The highest BCUT2D eigenvalue weighted by Gasteiger charge is 2.16. The Morgan fingerprint density at radius 2 is 1.74 bits per heavy atom. The number of carbonyl (C=O) groups excluding carboxylic acids is 2. The summed E-state index contributed by atoms with van der Waals surface area (Å²) in [6, 6.07) is 17.0. The first kappa shape index (κ1) is 18.4. The molecule has 0 aliphatic heterocycles. The monoisotopic (exact) mass is 384 g/mol. The van der Waals surface area contributed by atoms with E-state index < -0.39 is 22.6 Å². The average molecular weight is 384 g/mol. The molecule has 0 amide bonds. The standard InChI is InChI=1S/C19H16N2O5S/c22-18(17-10-5-11-20-17)13-26-19(23)14-6-4-7-15(12-14)21-27(24,25)16-8-2-1-3-9-16/h1-12,20-21H,13H2. The van der Waals surface area contributed by atoms with Crippen LogP contribution in [0.15, 0.2) is 77.8 Å². The first-order chi connectivity index (χ1) is 13.0. The molecule has 8 heteroatoms. The zero-order valence-corrected chi connectivity index (χ0v) is 14.9. The Balaban J connectivity index is 1.68. The van der Waals surface area contributed by atoms with Gasteiger partial charge in [0, 0.05) is 11.9 Å². The molecule has 27 heavy (non-hydrogen) atoms. The normalized spacial score (nSPS) is 11.0. The molecule has 0 saturated carbocycles. The Bertz CT molecular complexity index is 1040. The Labute approximate surface area is 156 Å². The maximum Gasteiger partial charge on any atom is 0.338 e. The predicted molar refractivity (Wildman–Crippen MR) is 99.1 cm³/mol. The number of benzene rings is 2. The molecule has 7 nitrogen and oxygen atoms in total. The van der Waals surface area contributed by atoms with Crippen LogP contribution in [0.5, 0.6) is 0 Å². The number of nitrogens with one attached hydrogen (secondary N) is 2. The molecule has 138 valence electrons. The molecular weight excluding hydrogens is 368 g/mol. The number of esters is 1. The quantitative estimate of drug-likeness (QED) is 0.481. The molecular formula is C19H16N2O5S. The van der Waals surface area contributed by atoms with E-state index in [0.29, 0.717) is 5.69 Å². The number of ketones is 1. The summed E-state index contributed by atoms with van der Waals surface area (Å²) in [5.41, 5.74) is 0.679. The van der Waals surface area contributed by atoms with Crippen LogP contribution in [0.2, 0.25) is 0 Å². The SMILES string of the molecule is O=C(OCC(=O)c1ccc[nH]1)c1cccc(NS(=O)(=O)c2ccccc2)c1. The molecule has 0 bridgehead atoms. The van der Waals surface area contributed by atoms with E-state index in [9.17, 15) is 18.0 Å². The van der Waals surface area contributed by atoms with Crippen molar-refractivity contribution >= 4 is 27.5 Å². The Morgan fingerprint density at radius 1 is 0.963 bits per heavy atom. The number of ether oxygens (including phenoxy) is 1. The van der Waals surface area contributed by atoms with Gasteiger partial charge in [0.05, 0.1) is 16.2 Å². The lowest BCUT2D eigenvalue weighted by Crippen LogP contribution is -2.16. The van der Waals surface area contributed by atoms with Crippen molar-refractivity contribution in [3.8, 4) is 0 Å². The van der Waals surface area contributed by atoms with E-state index in [0.717, 1.165) is 0 Å². The van der Waals surface area contributed by atoms with Crippen molar-refractivity contribution in [3.63, 3.8) is 0 Å². The lowest BCUT2D eigenvalue weighted by molar-refractivity contribution is 0.0473. The molecule has 0 radical (unpaired) electrons. The summed E-state index contributed by atoms with van der Waals surface area (Å²) in [7, 11) is -3.77. The third-order valence-electron chi connectivity index (χ3n) is 3.64. The fourth-order valence-electron chi connectivity index (χ4n) is 2.32. The largest absolute Gasteiger partial charge is 0.454 e. The highest BCUT2D eigenvalue weighted by Crippen LogP contribution is 2.17. The number of aromatic nitrogens is 1. The van der Waals surface area contributed by atoms with Gasteiger partial charge in [0.15, 0.2) is 6.61 Å². The Hall–Kier alpha value is -3.39. The molecule has 2 aromatic carbocycles. The maximum atomic E-state index is 12.4. The zero-order chi connectivity index (χ0) is 19.3. The molecule has 0 atom stereocenters. The van der Waals surface area contributed by atoms with Gasteiger partial charge < -0.3 is 9.72 Å². The molecule has 1 aromatic heterocycles. The number of Topliss-reactive ketones (excluding diaryl/α,β-unsaturated/α-hetero) is 1. The van der Waals surface area contributed by atoms with Gasteiger partial charge >= 0.3 is 5.97 Å². The second kappa shape index (κ2) is 7.88. The minimum Gasteiger partial charge on any atom is -0.454 e. The van der Waals surface area contributed by atoms with Crippen molar-refractivity contribution in [2.75, 3.05) is 11.3 Å². The van der Waals surface area contributed by atoms with Crippen molar-refractivity contribution in [1.82, 2.24) is 4.98 Å². The summed E-state index contributed by atoms with van der Waals surface area (Å²) in [6.07, 6.45) is 1.59. The summed E-state index contributed by atoms with van der Waals surface area (Å²) in [6.45, 7) is -0.417. The second-order valence-electron chi connectivity index (χ2n) is 5.58. The number of hydrogen-bond donors (Lipinski definition) is 2. The molecule has 0 unspecified atom stereocenters. The Morgan fingerprint density at radius 3 is 2.44 bits per heavy atom. The molecule has 3 aromatic rings. The summed E-state index contributed by atoms with van der Waals surface area (Å²) >= 11 is 0. The van der Waals surface area contributed by atoms with Crippen LogP contribution >= 0.6 is 0 Å². The van der Waals surface area contributed by atoms with Crippen molar-refractivity contribution in [3.05, 3.63) is 84.2 Å². The lowest BCUT2D eigenvalue weighted by Gasteiger charge is -2.09. The van der Waals surface area contributed by atoms with Gasteiger partial charge in [0.25, 0.3) is 10.0 Å². The van der Waals surface area contributed by atoms with E-state index in [4.69, 9.17) is 4.74 Å². The summed E-state index contributed by atoms with van der Waals surface area (Å²) in [5, 5.41) is 0. The highest BCUT2D eigenvalue weighted by molar-refractivity contribution is 7.92. The molecule has 0 fully saturated rings. The van der Waals surface area contributed by atoms with Crippen molar-refractivity contribution < 1.29 is 22.7 Å². The number of rotatable bonds is 7. The van der Waals surface area contributed by atoms with Gasteiger partial charge in [-0.3, -0.25) is 9.52 Å². The maximum absolute atomic E-state index is 12.4. The van der Waals surface area contributed by atoms with Crippen LogP contribution in [0.25, 0.3) is 0 Å². The van der Waals surface area contributed by atoms with E-state index >= 15 is 0 Å². The topological polar surface area (TPSA) is 105 Å². The fourth-order valence-corrected chi connectivity index (χ4v) is 3.39. The van der Waals surface area contributed by atoms with Gasteiger partial charge in [-0.25, -0.2) is 13.2 Å². The molecule has 0 aliphatic carbocycles. The van der Waals surface area contributed by atoms with Crippen molar-refractivity contribution in [2.45, 2.75) is 4.90 Å². The van der Waals surface area contributed by atoms with Crippen LogP contribution in [0.3, 0.4) is 0 Å². The number of hydrogen-bond acceptors (Lipinski definition) is 5. The number of anilines is 1. The van der Waals surface area contributed by atoms with Crippen molar-refractivity contribution in [1.29, 1.82) is 0 Å². The van der Waals surface area contributed by atoms with E-state index in [-0.39, 0.29) is 21.9 Å². The van der Waals surface area contributed by atoms with Gasteiger partial charge in [-0.1, -0.05) is 24.3 Å². The number of carbonyl (C=O) groups is 2. The molecule has 0 saturated heterocycles. The smallest absolute Gasteiger partial charge is 0.338 e. The zero-order valence-electron chi connectivity index (χ0n) is 14.1. The second-order valence-corrected chi connectivity index (χ2v) is 7.26. The third kappa shape index (κ3) is 4.62. The summed E-state index contributed by atoms with van der Waals surface area (Å²) in [4.78, 5) is 26.8. The van der Waals surface area contributed by atoms with Gasteiger partial charge in [0.1, 0.15) is 0 Å². The predicted octanol–water partition coefficient (Wildman–Crippen LogP) is 2.86. The Kier molecular flexibility index (Phi) is 5.37. The van der Waals surface area contributed by atoms with Crippen LogP contribution in [0.4, 0.5) is 5.69 Å². The molecule has 0 aliphatic rings. The number of sulfonamides is 1. The third-order valence-corrected chi connectivity index (χ3v) is 5.03. The minimum atomic E-state index is -3.77. The van der Waals surface area contributed by atoms with Gasteiger partial charge in [-0.15, -0.1) is 0 Å². The van der Waals surface area contributed by atoms with Crippen LogP contribution < -0.4 is 4.72 Å². The summed E-state index contributed by atoms with van der Waals surface area (Å²) < 4.78 is 32.1.